The summed E-state index contributed by atoms with van der Waals surface area (Å²) in [6.45, 7) is 2.57. The highest BCUT2D eigenvalue weighted by Gasteiger charge is 2.24. The zero-order valence-electron chi connectivity index (χ0n) is 13.8. The molecule has 0 spiro atoms. The van der Waals surface area contributed by atoms with Crippen LogP contribution in [-0.2, 0) is 0 Å². The number of benzene rings is 1. The molecule has 1 amide bonds. The van der Waals surface area contributed by atoms with E-state index in [1.165, 1.54) is 0 Å². The molecule has 0 atom stereocenters. The maximum absolute atomic E-state index is 12.5. The Hall–Kier alpha value is -2.83. The summed E-state index contributed by atoms with van der Waals surface area (Å²) < 4.78 is 10.4. The number of methoxy groups -OCH3 is 2. The first kappa shape index (κ1) is 16.0. The summed E-state index contributed by atoms with van der Waals surface area (Å²) in [6.07, 6.45) is 0. The van der Waals surface area contributed by atoms with Crippen LogP contribution in [0.2, 0.25) is 0 Å². The Bertz CT molecular complexity index is 678. The topological polar surface area (TPSA) is 67.8 Å². The fraction of sp³-hybridized carbons (Fsp3) is 0.353. The molecule has 0 radical (unpaired) electrons. The average Bonchev–Trinajstić information content (AvgIpc) is 2.67. The van der Waals surface area contributed by atoms with Crippen LogP contribution in [0, 0.1) is 0 Å². The molecule has 2 aromatic rings. The van der Waals surface area contributed by atoms with E-state index >= 15 is 0 Å². The van der Waals surface area contributed by atoms with Gasteiger partial charge in [0.25, 0.3) is 5.91 Å². The number of rotatable bonds is 4. The van der Waals surface area contributed by atoms with Crippen LogP contribution in [0.4, 0.5) is 5.95 Å². The van der Waals surface area contributed by atoms with Crippen molar-refractivity contribution in [2.75, 3.05) is 45.3 Å². The molecule has 0 bridgehead atoms. The van der Waals surface area contributed by atoms with Crippen molar-refractivity contribution < 1.29 is 14.3 Å². The smallest absolute Gasteiger partial charge is 0.253 e. The summed E-state index contributed by atoms with van der Waals surface area (Å²) in [4.78, 5) is 25.1. The van der Waals surface area contributed by atoms with Crippen molar-refractivity contribution in [3.05, 3.63) is 42.0 Å². The van der Waals surface area contributed by atoms with Crippen molar-refractivity contribution in [2.45, 2.75) is 0 Å². The number of aromatic nitrogens is 2. The van der Waals surface area contributed by atoms with Crippen molar-refractivity contribution in [1.29, 1.82) is 0 Å². The zero-order valence-corrected chi connectivity index (χ0v) is 13.8. The highest BCUT2D eigenvalue weighted by Crippen LogP contribution is 2.21. The molecule has 7 heteroatoms. The third kappa shape index (κ3) is 3.40. The molecule has 1 aromatic carbocycles. The Morgan fingerprint density at radius 1 is 0.958 bits per heavy atom. The number of anilines is 1. The molecule has 1 aliphatic heterocycles. The zero-order chi connectivity index (χ0) is 16.9. The summed E-state index contributed by atoms with van der Waals surface area (Å²) >= 11 is 0. The Labute approximate surface area is 140 Å². The second kappa shape index (κ2) is 7.16. The number of ether oxygens (including phenoxy) is 2. The van der Waals surface area contributed by atoms with E-state index < -0.39 is 0 Å². The molecular formula is C17H20N4O3. The lowest BCUT2D eigenvalue weighted by molar-refractivity contribution is 0.0746. The normalized spacial score (nSPS) is 14.4. The predicted octanol–water partition coefficient (Wildman–Crippen LogP) is 1.46. The fourth-order valence-electron chi connectivity index (χ4n) is 2.62. The number of piperazine rings is 1. The second-order valence-electron chi connectivity index (χ2n) is 5.40. The van der Waals surface area contributed by atoms with Crippen molar-refractivity contribution >= 4 is 11.9 Å². The fourth-order valence-corrected chi connectivity index (χ4v) is 2.62. The summed E-state index contributed by atoms with van der Waals surface area (Å²) in [5.74, 6) is 1.52. The molecule has 1 fully saturated rings. The maximum Gasteiger partial charge on any atom is 0.253 e. The molecule has 0 N–H and O–H groups in total. The Morgan fingerprint density at radius 3 is 2.08 bits per heavy atom. The van der Waals surface area contributed by atoms with Crippen LogP contribution >= 0.6 is 0 Å². The number of carbonyl (C=O) groups is 1. The minimum absolute atomic E-state index is 0.0550. The summed E-state index contributed by atoms with van der Waals surface area (Å²) in [5, 5.41) is 0. The third-order valence-corrected chi connectivity index (χ3v) is 3.96. The molecule has 0 unspecified atom stereocenters. The van der Waals surface area contributed by atoms with Crippen LogP contribution in [0.5, 0.6) is 11.8 Å². The second-order valence-corrected chi connectivity index (χ2v) is 5.40. The number of hydrogen-bond donors (Lipinski definition) is 0. The number of amides is 1. The SMILES string of the molecule is COc1cc(OC)nc(N2CCN(C(=O)c3ccccc3)CC2)n1. The van der Waals surface area contributed by atoms with Gasteiger partial charge in [-0.2, -0.15) is 9.97 Å². The van der Waals surface area contributed by atoms with Gasteiger partial charge in [-0.25, -0.2) is 0 Å². The number of nitrogens with zero attached hydrogens (tertiary/aromatic N) is 4. The van der Waals surface area contributed by atoms with E-state index in [-0.39, 0.29) is 5.91 Å². The largest absolute Gasteiger partial charge is 0.481 e. The van der Waals surface area contributed by atoms with Gasteiger partial charge in [0.1, 0.15) is 0 Å². The van der Waals surface area contributed by atoms with Gasteiger partial charge in [0.15, 0.2) is 0 Å². The van der Waals surface area contributed by atoms with Crippen LogP contribution in [0.25, 0.3) is 0 Å². The van der Waals surface area contributed by atoms with Gasteiger partial charge < -0.3 is 19.3 Å². The summed E-state index contributed by atoms with van der Waals surface area (Å²) in [6, 6.07) is 11.0. The first-order chi connectivity index (χ1) is 11.7. The molecule has 1 saturated heterocycles. The van der Waals surface area contributed by atoms with Gasteiger partial charge in [0.05, 0.1) is 20.3 Å². The Kier molecular flexibility index (Phi) is 4.79. The molecule has 24 heavy (non-hydrogen) atoms. The van der Waals surface area contributed by atoms with Gasteiger partial charge in [0, 0.05) is 31.7 Å². The molecule has 0 saturated carbocycles. The van der Waals surface area contributed by atoms with Gasteiger partial charge in [-0.05, 0) is 12.1 Å². The van der Waals surface area contributed by atoms with Crippen LogP contribution < -0.4 is 14.4 Å². The van der Waals surface area contributed by atoms with Gasteiger partial charge in [-0.1, -0.05) is 18.2 Å². The molecule has 7 nitrogen and oxygen atoms in total. The van der Waals surface area contributed by atoms with Gasteiger partial charge in [0.2, 0.25) is 17.7 Å². The van der Waals surface area contributed by atoms with E-state index in [9.17, 15) is 4.79 Å². The molecular weight excluding hydrogens is 308 g/mol. The molecule has 2 heterocycles. The first-order valence-electron chi connectivity index (χ1n) is 7.77. The highest BCUT2D eigenvalue weighted by molar-refractivity contribution is 5.94. The lowest BCUT2D eigenvalue weighted by Gasteiger charge is -2.34. The predicted molar refractivity (Wildman–Crippen MR) is 89.7 cm³/mol. The number of carbonyl (C=O) groups excluding carboxylic acids is 1. The lowest BCUT2D eigenvalue weighted by atomic mass is 10.2. The molecule has 0 aliphatic carbocycles. The van der Waals surface area contributed by atoms with Crippen molar-refractivity contribution in [2.24, 2.45) is 0 Å². The van der Waals surface area contributed by atoms with Crippen LogP contribution in [0.3, 0.4) is 0 Å². The molecule has 1 aromatic heterocycles. The first-order valence-corrected chi connectivity index (χ1v) is 7.77. The quantitative estimate of drug-likeness (QED) is 0.846. The molecule has 1 aliphatic rings. The minimum atomic E-state index is 0.0550. The standard InChI is InChI=1S/C17H20N4O3/c1-23-14-12-15(24-2)19-17(18-14)21-10-8-20(9-11-21)16(22)13-6-4-3-5-7-13/h3-7,12H,8-11H2,1-2H3. The van der Waals surface area contributed by atoms with E-state index in [2.05, 4.69) is 9.97 Å². The van der Waals surface area contributed by atoms with E-state index in [0.717, 1.165) is 0 Å². The van der Waals surface area contributed by atoms with Crippen LogP contribution in [0.15, 0.2) is 36.4 Å². The third-order valence-electron chi connectivity index (χ3n) is 3.96. The molecule has 126 valence electrons. The van der Waals surface area contributed by atoms with Crippen LogP contribution in [0.1, 0.15) is 10.4 Å². The Balaban J connectivity index is 1.68. The molecule has 3 rings (SSSR count). The average molecular weight is 328 g/mol. The van der Waals surface area contributed by atoms with Gasteiger partial charge >= 0.3 is 0 Å². The number of hydrogen-bond acceptors (Lipinski definition) is 6. The minimum Gasteiger partial charge on any atom is -0.481 e. The van der Waals surface area contributed by atoms with Crippen LogP contribution in [-0.4, -0.2) is 61.2 Å². The monoisotopic (exact) mass is 328 g/mol. The van der Waals surface area contributed by atoms with Gasteiger partial charge in [-0.15, -0.1) is 0 Å². The highest BCUT2D eigenvalue weighted by atomic mass is 16.5. The lowest BCUT2D eigenvalue weighted by Crippen LogP contribution is -2.49. The van der Waals surface area contributed by atoms with Gasteiger partial charge in [-0.3, -0.25) is 4.79 Å². The maximum atomic E-state index is 12.5. The van der Waals surface area contributed by atoms with E-state index in [4.69, 9.17) is 9.47 Å². The van der Waals surface area contributed by atoms with E-state index in [1.807, 2.05) is 40.1 Å². The van der Waals surface area contributed by atoms with E-state index in [1.54, 1.807) is 20.3 Å². The van der Waals surface area contributed by atoms with Crippen molar-refractivity contribution in [3.63, 3.8) is 0 Å². The summed E-state index contributed by atoms with van der Waals surface area (Å²) in [7, 11) is 3.12. The van der Waals surface area contributed by atoms with Crippen molar-refractivity contribution in [3.8, 4) is 11.8 Å². The Morgan fingerprint density at radius 2 is 1.54 bits per heavy atom. The van der Waals surface area contributed by atoms with E-state index in [0.29, 0.717) is 49.5 Å². The summed E-state index contributed by atoms with van der Waals surface area (Å²) in [5.41, 5.74) is 0.713. The van der Waals surface area contributed by atoms with Crippen molar-refractivity contribution in [1.82, 2.24) is 14.9 Å².